The van der Waals surface area contributed by atoms with E-state index in [2.05, 4.69) is 38.9 Å². The highest BCUT2D eigenvalue weighted by Crippen LogP contribution is 2.45. The minimum Gasteiger partial charge on any atom is -0.406 e. The van der Waals surface area contributed by atoms with E-state index >= 15 is 0 Å². The van der Waals surface area contributed by atoms with Crippen LogP contribution in [0.3, 0.4) is 0 Å². The normalized spacial score (nSPS) is 17.5. The van der Waals surface area contributed by atoms with Crippen LogP contribution >= 0.6 is 0 Å². The van der Waals surface area contributed by atoms with E-state index in [0.29, 0.717) is 29.2 Å². The molecule has 1 aliphatic heterocycles. The van der Waals surface area contributed by atoms with Gasteiger partial charge in [-0.15, -0.1) is 13.2 Å². The molecule has 0 saturated carbocycles. The Kier molecular flexibility index (Phi) is 5.34. The highest BCUT2D eigenvalue weighted by atomic mass is 19.4. The molecule has 4 heterocycles. The van der Waals surface area contributed by atoms with Crippen LogP contribution in [-0.4, -0.2) is 36.6 Å². The lowest BCUT2D eigenvalue weighted by Gasteiger charge is -2.23. The van der Waals surface area contributed by atoms with Crippen molar-refractivity contribution in [3.8, 4) is 17.3 Å². The minimum atomic E-state index is -4.82. The molecule has 9 nitrogen and oxygen atoms in total. The largest absolute Gasteiger partial charge is 0.573 e. The first kappa shape index (κ1) is 23.5. The first-order valence-corrected chi connectivity index (χ1v) is 11.1. The number of carbonyl (C=O) groups is 1. The molecule has 1 aliphatic rings. The van der Waals surface area contributed by atoms with Crippen LogP contribution < -0.4 is 15.8 Å². The maximum Gasteiger partial charge on any atom is 0.573 e. The van der Waals surface area contributed by atoms with Crippen molar-refractivity contribution in [2.75, 3.05) is 11.1 Å². The first-order valence-electron chi connectivity index (χ1n) is 11.1. The van der Waals surface area contributed by atoms with Gasteiger partial charge in [0.15, 0.2) is 11.5 Å². The number of aromatic nitrogens is 5. The van der Waals surface area contributed by atoms with Gasteiger partial charge in [0.05, 0.1) is 11.3 Å². The van der Waals surface area contributed by atoms with Crippen LogP contribution in [0.1, 0.15) is 37.6 Å². The number of nitrogens with two attached hydrogens (primary N) is 1. The number of carbonyl (C=O) groups excluding carboxylic acids is 1. The zero-order valence-corrected chi connectivity index (χ0v) is 19.6. The van der Waals surface area contributed by atoms with Crippen LogP contribution in [0.25, 0.3) is 17.2 Å². The highest BCUT2D eigenvalue weighted by molar-refractivity contribution is 6.09. The van der Waals surface area contributed by atoms with Gasteiger partial charge in [-0.2, -0.15) is 0 Å². The number of benzene rings is 1. The summed E-state index contributed by atoms with van der Waals surface area (Å²) in [5.41, 5.74) is 7.76. The van der Waals surface area contributed by atoms with Crippen molar-refractivity contribution < 1.29 is 22.7 Å². The number of alkyl halides is 3. The zero-order chi connectivity index (χ0) is 25.8. The van der Waals surface area contributed by atoms with E-state index in [4.69, 9.17) is 10.7 Å². The third-order valence-corrected chi connectivity index (χ3v) is 6.06. The summed E-state index contributed by atoms with van der Waals surface area (Å²) in [6, 6.07) is 5.06. The zero-order valence-electron chi connectivity index (χ0n) is 19.6. The maximum atomic E-state index is 13.1. The van der Waals surface area contributed by atoms with Gasteiger partial charge in [0, 0.05) is 18.6 Å². The van der Waals surface area contributed by atoms with Crippen LogP contribution in [0.2, 0.25) is 0 Å². The van der Waals surface area contributed by atoms with Crippen molar-refractivity contribution in [1.82, 2.24) is 24.3 Å². The predicted molar refractivity (Wildman–Crippen MR) is 125 cm³/mol. The quantitative estimate of drug-likeness (QED) is 0.425. The highest BCUT2D eigenvalue weighted by Gasteiger charge is 2.47. The van der Waals surface area contributed by atoms with Gasteiger partial charge in [0.25, 0.3) is 0 Å². The van der Waals surface area contributed by atoms with E-state index < -0.39 is 23.4 Å². The number of hydrogen-bond acceptors (Lipinski definition) is 7. The molecule has 4 aromatic rings. The molecule has 186 valence electrons. The van der Waals surface area contributed by atoms with Gasteiger partial charge in [0.1, 0.15) is 28.5 Å². The average molecular weight is 497 g/mol. The summed E-state index contributed by atoms with van der Waals surface area (Å²) in [6.45, 7) is 5.77. The summed E-state index contributed by atoms with van der Waals surface area (Å²) in [6.07, 6.45) is 1.09. The van der Waals surface area contributed by atoms with Gasteiger partial charge in [-0.3, -0.25) is 4.79 Å². The second kappa shape index (κ2) is 8.18. The Morgan fingerprint density at radius 3 is 2.56 bits per heavy atom. The lowest BCUT2D eigenvalue weighted by Crippen LogP contribution is -2.33. The summed E-state index contributed by atoms with van der Waals surface area (Å²) in [4.78, 5) is 31.2. The second-order valence-corrected chi connectivity index (χ2v) is 9.14. The Bertz CT molecular complexity index is 1480. The number of imidazole rings is 1. The fourth-order valence-electron chi connectivity index (χ4n) is 4.42. The number of hydrogen-bond donors (Lipinski definition) is 2. The van der Waals surface area contributed by atoms with E-state index in [9.17, 15) is 18.0 Å². The van der Waals surface area contributed by atoms with Gasteiger partial charge in [0.2, 0.25) is 5.91 Å². The molecule has 3 aromatic heterocycles. The van der Waals surface area contributed by atoms with Crippen LogP contribution in [0.4, 0.5) is 24.8 Å². The minimum absolute atomic E-state index is 0.0596. The van der Waals surface area contributed by atoms with Crippen LogP contribution in [0, 0.1) is 5.92 Å². The third-order valence-electron chi connectivity index (χ3n) is 6.06. The number of halogens is 3. The average Bonchev–Trinajstić information content (AvgIpc) is 3.36. The number of fused-ring (bicyclic) bond motifs is 2. The number of anilines is 2. The number of nitrogens with one attached hydrogen (secondary N) is 1. The molecule has 0 aliphatic carbocycles. The molecule has 36 heavy (non-hydrogen) atoms. The smallest absolute Gasteiger partial charge is 0.406 e. The van der Waals surface area contributed by atoms with Crippen molar-refractivity contribution in [1.29, 1.82) is 0 Å². The molecule has 5 rings (SSSR count). The van der Waals surface area contributed by atoms with Gasteiger partial charge in [-0.25, -0.2) is 19.9 Å². The van der Waals surface area contributed by atoms with Crippen molar-refractivity contribution in [2.24, 2.45) is 5.92 Å². The van der Waals surface area contributed by atoms with Gasteiger partial charge >= 0.3 is 6.36 Å². The van der Waals surface area contributed by atoms with Crippen molar-refractivity contribution in [3.63, 3.8) is 0 Å². The molecule has 0 saturated heterocycles. The summed E-state index contributed by atoms with van der Waals surface area (Å²) in [5.74, 6) is 0.0188. The molecule has 0 bridgehead atoms. The molecule has 0 radical (unpaired) electrons. The Balaban J connectivity index is 1.56. The summed E-state index contributed by atoms with van der Waals surface area (Å²) in [5, 5.41) is 2.74. The van der Waals surface area contributed by atoms with E-state index in [1.54, 1.807) is 25.5 Å². The molecular weight excluding hydrogens is 475 g/mol. The molecule has 0 fully saturated rings. The third kappa shape index (κ3) is 3.97. The number of amides is 1. The fraction of sp³-hybridized carbons (Fsp3) is 0.292. The molecule has 3 N–H and O–H groups in total. The van der Waals surface area contributed by atoms with Gasteiger partial charge in [-0.05, 0) is 37.0 Å². The van der Waals surface area contributed by atoms with Gasteiger partial charge < -0.3 is 20.2 Å². The molecule has 12 heteroatoms. The predicted octanol–water partition coefficient (Wildman–Crippen LogP) is 4.12. The van der Waals surface area contributed by atoms with E-state index in [-0.39, 0.29) is 17.5 Å². The number of nitrogens with zero attached hydrogens (tertiary/aromatic N) is 5. The Morgan fingerprint density at radius 2 is 1.89 bits per heavy atom. The standard InChI is InChI=1S/C24H22F3N7O2/c1-12(2)10-15-21-29-8-9-34(21)11-16(30-15)19-31-18(28)17-20(32-19)33-22(35)23(17,3)13-4-6-14(7-5-13)36-24(25,26)27/h4-9,11-12H,10H2,1-3H3,(H3,28,31,32,33,35). The Hall–Kier alpha value is -4.22. The van der Waals surface area contributed by atoms with Crippen molar-refractivity contribution in [3.05, 3.63) is 59.7 Å². The van der Waals surface area contributed by atoms with E-state index in [1.165, 1.54) is 12.1 Å². The molecule has 1 unspecified atom stereocenters. The first-order chi connectivity index (χ1) is 17.0. The van der Waals surface area contributed by atoms with Crippen molar-refractivity contribution in [2.45, 2.75) is 39.0 Å². The second-order valence-electron chi connectivity index (χ2n) is 9.14. The van der Waals surface area contributed by atoms with Crippen LogP contribution in [0.15, 0.2) is 42.9 Å². The number of ether oxygens (including phenoxy) is 1. The van der Waals surface area contributed by atoms with Crippen LogP contribution in [0.5, 0.6) is 5.75 Å². The summed E-state index contributed by atoms with van der Waals surface area (Å²) < 4.78 is 43.4. The van der Waals surface area contributed by atoms with E-state index in [1.807, 2.05) is 4.40 Å². The number of nitrogen functional groups attached to an aromatic ring is 1. The lowest BCUT2D eigenvalue weighted by molar-refractivity contribution is -0.274. The SMILES string of the molecule is CC(C)Cc1nc(-c2nc(N)c3c(n2)NC(=O)C3(C)c2ccc(OC(F)(F)F)cc2)cn2ccnc12. The topological polar surface area (TPSA) is 120 Å². The van der Waals surface area contributed by atoms with Crippen LogP contribution in [-0.2, 0) is 16.6 Å². The molecule has 0 spiro atoms. The lowest BCUT2D eigenvalue weighted by atomic mass is 9.78. The monoisotopic (exact) mass is 497 g/mol. The summed E-state index contributed by atoms with van der Waals surface area (Å²) in [7, 11) is 0. The Morgan fingerprint density at radius 1 is 1.17 bits per heavy atom. The number of rotatable bonds is 5. The fourth-order valence-corrected chi connectivity index (χ4v) is 4.42. The summed E-state index contributed by atoms with van der Waals surface area (Å²) >= 11 is 0. The molecule has 1 aromatic carbocycles. The Labute approximate surface area is 203 Å². The van der Waals surface area contributed by atoms with Crippen molar-refractivity contribution >= 4 is 23.2 Å². The molecule has 1 amide bonds. The molecule has 1 atom stereocenters. The van der Waals surface area contributed by atoms with Gasteiger partial charge in [-0.1, -0.05) is 26.0 Å². The maximum absolute atomic E-state index is 13.1. The van der Waals surface area contributed by atoms with E-state index in [0.717, 1.165) is 23.5 Å². The molecular formula is C24H22F3N7O2.